The highest BCUT2D eigenvalue weighted by Gasteiger charge is 2.32. The van der Waals surface area contributed by atoms with Gasteiger partial charge >= 0.3 is 0 Å². The first-order valence-corrected chi connectivity index (χ1v) is 8.14. The quantitative estimate of drug-likeness (QED) is 0.905. The van der Waals surface area contributed by atoms with Crippen LogP contribution in [0.1, 0.15) is 36.2 Å². The number of halogens is 1. The molecule has 3 rings (SSSR count). The molecule has 0 aromatic carbocycles. The van der Waals surface area contributed by atoms with Crippen molar-refractivity contribution in [3.63, 3.8) is 0 Å². The van der Waals surface area contributed by atoms with Crippen LogP contribution in [0.3, 0.4) is 0 Å². The van der Waals surface area contributed by atoms with Crippen molar-refractivity contribution in [1.82, 2.24) is 15.2 Å². The highest BCUT2D eigenvalue weighted by molar-refractivity contribution is 9.10. The summed E-state index contributed by atoms with van der Waals surface area (Å²) in [7, 11) is 0. The predicted octanol–water partition coefficient (Wildman–Crippen LogP) is 1.97. The second-order valence-corrected chi connectivity index (χ2v) is 6.63. The van der Waals surface area contributed by atoms with Crippen molar-refractivity contribution in [2.24, 2.45) is 5.92 Å². The SMILES string of the molecule is O=C(NC1CCN(C(=O)c2ccc(Br)cn2)CC1)C1CC1. The Morgan fingerprint density at radius 2 is 1.90 bits per heavy atom. The van der Waals surface area contributed by atoms with Crippen molar-refractivity contribution in [1.29, 1.82) is 0 Å². The van der Waals surface area contributed by atoms with Crippen molar-refractivity contribution < 1.29 is 9.59 Å². The van der Waals surface area contributed by atoms with E-state index < -0.39 is 0 Å². The fourth-order valence-electron chi connectivity index (χ4n) is 2.56. The Morgan fingerprint density at radius 3 is 2.48 bits per heavy atom. The summed E-state index contributed by atoms with van der Waals surface area (Å²) in [5.41, 5.74) is 0.471. The molecule has 0 radical (unpaired) electrons. The molecule has 2 amide bonds. The lowest BCUT2D eigenvalue weighted by atomic mass is 10.0. The van der Waals surface area contributed by atoms with Crippen molar-refractivity contribution in [3.05, 3.63) is 28.5 Å². The maximum Gasteiger partial charge on any atom is 0.272 e. The zero-order valence-electron chi connectivity index (χ0n) is 11.7. The van der Waals surface area contributed by atoms with Crippen molar-refractivity contribution in [2.75, 3.05) is 13.1 Å². The van der Waals surface area contributed by atoms with E-state index in [-0.39, 0.29) is 23.8 Å². The minimum absolute atomic E-state index is 0.0329. The summed E-state index contributed by atoms with van der Waals surface area (Å²) in [6, 6.07) is 3.76. The molecule has 1 aliphatic carbocycles. The molecule has 0 bridgehead atoms. The van der Waals surface area contributed by atoms with Gasteiger partial charge in [0.15, 0.2) is 0 Å². The molecule has 1 aromatic rings. The third kappa shape index (κ3) is 3.61. The summed E-state index contributed by atoms with van der Waals surface area (Å²) >= 11 is 3.31. The van der Waals surface area contributed by atoms with Crippen LogP contribution < -0.4 is 5.32 Å². The smallest absolute Gasteiger partial charge is 0.272 e. The standard InChI is InChI=1S/C15H18BrN3O2/c16-11-3-4-13(17-9-11)15(21)19-7-5-12(6-8-19)18-14(20)10-1-2-10/h3-4,9-10,12H,1-2,5-8H2,(H,18,20). The first-order valence-electron chi connectivity index (χ1n) is 7.34. The third-order valence-corrected chi connectivity index (χ3v) is 4.49. The molecule has 112 valence electrons. The Hall–Kier alpha value is -1.43. The van der Waals surface area contributed by atoms with Crippen LogP contribution in [0.2, 0.25) is 0 Å². The van der Waals surface area contributed by atoms with Crippen LogP contribution in [0.5, 0.6) is 0 Å². The van der Waals surface area contributed by atoms with Crippen LogP contribution in [0.4, 0.5) is 0 Å². The lowest BCUT2D eigenvalue weighted by Crippen LogP contribution is -2.47. The monoisotopic (exact) mass is 351 g/mol. The van der Waals surface area contributed by atoms with E-state index in [4.69, 9.17) is 0 Å². The van der Waals surface area contributed by atoms with E-state index in [2.05, 4.69) is 26.2 Å². The molecule has 1 saturated heterocycles. The highest BCUT2D eigenvalue weighted by Crippen LogP contribution is 2.29. The highest BCUT2D eigenvalue weighted by atomic mass is 79.9. The third-order valence-electron chi connectivity index (χ3n) is 4.02. The van der Waals surface area contributed by atoms with E-state index >= 15 is 0 Å². The van der Waals surface area contributed by atoms with Gasteiger partial charge < -0.3 is 10.2 Å². The Kier molecular flexibility index (Phi) is 4.24. The maximum absolute atomic E-state index is 12.3. The van der Waals surface area contributed by atoms with Gasteiger partial charge in [0.25, 0.3) is 5.91 Å². The first-order chi connectivity index (χ1) is 10.1. The lowest BCUT2D eigenvalue weighted by Gasteiger charge is -2.32. The van der Waals surface area contributed by atoms with Crippen LogP contribution in [0, 0.1) is 5.92 Å². The zero-order chi connectivity index (χ0) is 14.8. The number of nitrogens with one attached hydrogen (secondary N) is 1. The van der Waals surface area contributed by atoms with Crippen molar-refractivity contribution in [2.45, 2.75) is 31.7 Å². The van der Waals surface area contributed by atoms with Gasteiger partial charge in [0, 0.05) is 35.7 Å². The molecule has 1 N–H and O–H groups in total. The number of carbonyl (C=O) groups excluding carboxylic acids is 2. The minimum atomic E-state index is -0.0329. The normalized spacial score (nSPS) is 19.4. The molecule has 6 heteroatoms. The Bertz CT molecular complexity index is 534. The van der Waals surface area contributed by atoms with Gasteiger partial charge in [0.2, 0.25) is 5.91 Å². The van der Waals surface area contributed by atoms with Crippen LogP contribution in [-0.2, 0) is 4.79 Å². The number of likely N-dealkylation sites (tertiary alicyclic amines) is 1. The molecule has 5 nitrogen and oxygen atoms in total. The molecule has 21 heavy (non-hydrogen) atoms. The van der Waals surface area contributed by atoms with Gasteiger partial charge in [-0.2, -0.15) is 0 Å². The summed E-state index contributed by atoms with van der Waals surface area (Å²) in [6.45, 7) is 1.35. The molecule has 2 fully saturated rings. The number of nitrogens with zero attached hydrogens (tertiary/aromatic N) is 2. The minimum Gasteiger partial charge on any atom is -0.353 e. The number of piperidine rings is 1. The fourth-order valence-corrected chi connectivity index (χ4v) is 2.79. The average Bonchev–Trinajstić information content (AvgIpc) is 3.33. The second kappa shape index (κ2) is 6.13. The number of carbonyl (C=O) groups is 2. The van der Waals surface area contributed by atoms with Gasteiger partial charge in [-0.15, -0.1) is 0 Å². The zero-order valence-corrected chi connectivity index (χ0v) is 13.3. The molecule has 0 unspecified atom stereocenters. The summed E-state index contributed by atoms with van der Waals surface area (Å²) in [5.74, 6) is 0.403. The van der Waals surface area contributed by atoms with E-state index in [0.29, 0.717) is 18.8 Å². The van der Waals surface area contributed by atoms with Gasteiger partial charge in [0.1, 0.15) is 5.69 Å². The number of amides is 2. The van der Waals surface area contributed by atoms with E-state index in [0.717, 1.165) is 30.2 Å². The lowest BCUT2D eigenvalue weighted by molar-refractivity contribution is -0.123. The first kappa shape index (κ1) is 14.5. The van der Waals surface area contributed by atoms with Gasteiger partial charge in [-0.1, -0.05) is 0 Å². The molecular formula is C15H18BrN3O2. The van der Waals surface area contributed by atoms with Crippen LogP contribution >= 0.6 is 15.9 Å². The Morgan fingerprint density at radius 1 is 1.19 bits per heavy atom. The predicted molar refractivity (Wildman–Crippen MR) is 81.7 cm³/mol. The summed E-state index contributed by atoms with van der Waals surface area (Å²) < 4.78 is 0.862. The van der Waals surface area contributed by atoms with Crippen LogP contribution in [-0.4, -0.2) is 40.8 Å². The Balaban J connectivity index is 1.51. The Labute approximate surface area is 132 Å². The van der Waals surface area contributed by atoms with Crippen LogP contribution in [0.25, 0.3) is 0 Å². The van der Waals surface area contributed by atoms with E-state index in [1.54, 1.807) is 12.3 Å². The molecule has 2 heterocycles. The number of hydrogen-bond acceptors (Lipinski definition) is 3. The van der Waals surface area contributed by atoms with Crippen molar-refractivity contribution in [3.8, 4) is 0 Å². The number of pyridine rings is 1. The summed E-state index contributed by atoms with van der Waals surface area (Å²) in [6.07, 6.45) is 5.33. The molecular weight excluding hydrogens is 334 g/mol. The number of aromatic nitrogens is 1. The molecule has 2 aliphatic rings. The molecule has 0 spiro atoms. The van der Waals surface area contributed by atoms with Gasteiger partial charge in [-0.05, 0) is 53.7 Å². The average molecular weight is 352 g/mol. The fraction of sp³-hybridized carbons (Fsp3) is 0.533. The van der Waals surface area contributed by atoms with Gasteiger partial charge in [-0.25, -0.2) is 4.98 Å². The summed E-state index contributed by atoms with van der Waals surface area (Å²) in [5, 5.41) is 3.09. The second-order valence-electron chi connectivity index (χ2n) is 5.71. The topological polar surface area (TPSA) is 62.3 Å². The number of hydrogen-bond donors (Lipinski definition) is 1. The van der Waals surface area contributed by atoms with E-state index in [9.17, 15) is 9.59 Å². The largest absolute Gasteiger partial charge is 0.353 e. The van der Waals surface area contributed by atoms with E-state index in [1.165, 1.54) is 0 Å². The van der Waals surface area contributed by atoms with Gasteiger partial charge in [0.05, 0.1) is 0 Å². The summed E-state index contributed by atoms with van der Waals surface area (Å²) in [4.78, 5) is 30.0. The van der Waals surface area contributed by atoms with Crippen LogP contribution in [0.15, 0.2) is 22.8 Å². The number of rotatable bonds is 3. The van der Waals surface area contributed by atoms with Gasteiger partial charge in [-0.3, -0.25) is 9.59 Å². The molecule has 1 saturated carbocycles. The van der Waals surface area contributed by atoms with E-state index in [1.807, 2.05) is 11.0 Å². The molecule has 1 aliphatic heterocycles. The molecule has 0 atom stereocenters. The maximum atomic E-state index is 12.3. The molecule has 1 aromatic heterocycles. The van der Waals surface area contributed by atoms with Crippen molar-refractivity contribution >= 4 is 27.7 Å².